The molecule has 4 aromatic rings. The molecular weight excluding hydrogens is 365 g/mol. The predicted molar refractivity (Wildman–Crippen MR) is 111 cm³/mol. The molecule has 0 aliphatic heterocycles. The van der Waals surface area contributed by atoms with Crippen LogP contribution in [0, 0.1) is 12.7 Å². The lowest BCUT2D eigenvalue weighted by atomic mass is 9.96. The Bertz CT molecular complexity index is 1160. The van der Waals surface area contributed by atoms with E-state index in [0.29, 0.717) is 12.2 Å². The molecule has 0 saturated heterocycles. The Kier molecular flexibility index (Phi) is 4.46. The van der Waals surface area contributed by atoms with Gasteiger partial charge in [-0.15, -0.1) is 5.10 Å². The molecule has 2 aromatic carbocycles. The summed E-state index contributed by atoms with van der Waals surface area (Å²) >= 11 is 0. The third kappa shape index (κ3) is 3.58. The van der Waals surface area contributed by atoms with E-state index < -0.39 is 0 Å². The first-order valence-electron chi connectivity index (χ1n) is 10.0. The molecule has 29 heavy (non-hydrogen) atoms. The van der Waals surface area contributed by atoms with Gasteiger partial charge >= 0.3 is 0 Å². The zero-order valence-corrected chi connectivity index (χ0v) is 16.3. The summed E-state index contributed by atoms with van der Waals surface area (Å²) in [5.41, 5.74) is 5.49. The van der Waals surface area contributed by atoms with Crippen LogP contribution in [0.15, 0.2) is 48.5 Å². The van der Waals surface area contributed by atoms with E-state index in [1.807, 2.05) is 0 Å². The zero-order chi connectivity index (χ0) is 19.8. The highest BCUT2D eigenvalue weighted by molar-refractivity contribution is 5.63. The molecule has 1 aliphatic carbocycles. The van der Waals surface area contributed by atoms with Crippen LogP contribution in [0.3, 0.4) is 0 Å². The van der Waals surface area contributed by atoms with Gasteiger partial charge in [0.05, 0.1) is 5.69 Å². The lowest BCUT2D eigenvalue weighted by Crippen LogP contribution is -2.13. The topological polar surface area (TPSA) is 55.1 Å². The predicted octanol–water partition coefficient (Wildman–Crippen LogP) is 4.79. The maximum Gasteiger partial charge on any atom is 0.254 e. The first-order chi connectivity index (χ1) is 14.2. The molecule has 1 N–H and O–H groups in total. The molecule has 5 rings (SSSR count). The molecule has 0 unspecified atom stereocenters. The first-order valence-corrected chi connectivity index (χ1v) is 10.0. The maximum atomic E-state index is 13.3. The van der Waals surface area contributed by atoms with E-state index in [-0.39, 0.29) is 5.82 Å². The summed E-state index contributed by atoms with van der Waals surface area (Å²) in [6, 6.07) is 14.8. The Morgan fingerprint density at radius 3 is 2.52 bits per heavy atom. The molecule has 0 fully saturated rings. The number of fused-ring (bicyclic) bond motifs is 2. The minimum atomic E-state index is -0.251. The van der Waals surface area contributed by atoms with E-state index in [2.05, 4.69) is 36.5 Å². The molecule has 2 aromatic heterocycles. The third-order valence-electron chi connectivity index (χ3n) is 5.40. The smallest absolute Gasteiger partial charge is 0.254 e. The van der Waals surface area contributed by atoms with Crippen LogP contribution in [0.4, 0.5) is 15.9 Å². The standard InChI is InChI=1S/C23H22FN5/c1-15-6-8-16(9-7-15)14-21-27-23-26-20-5-3-2-4-19(20)22(29(23)28-21)25-18-12-10-17(24)11-13-18/h6-13,25H,2-5,14H2,1H3. The van der Waals surface area contributed by atoms with Gasteiger partial charge in [0.25, 0.3) is 5.78 Å². The highest BCUT2D eigenvalue weighted by atomic mass is 19.1. The van der Waals surface area contributed by atoms with Gasteiger partial charge in [-0.25, -0.2) is 9.37 Å². The monoisotopic (exact) mass is 387 g/mol. The van der Waals surface area contributed by atoms with Crippen LogP contribution in [0.25, 0.3) is 5.78 Å². The number of halogens is 1. The Balaban J connectivity index is 1.57. The van der Waals surface area contributed by atoms with E-state index in [4.69, 9.17) is 15.1 Å². The van der Waals surface area contributed by atoms with Crippen molar-refractivity contribution in [2.45, 2.75) is 39.0 Å². The Hall–Kier alpha value is -3.28. The average molecular weight is 387 g/mol. The normalized spacial score (nSPS) is 13.4. The molecule has 0 atom stereocenters. The van der Waals surface area contributed by atoms with E-state index in [9.17, 15) is 4.39 Å². The third-order valence-corrected chi connectivity index (χ3v) is 5.40. The Morgan fingerprint density at radius 1 is 0.966 bits per heavy atom. The van der Waals surface area contributed by atoms with Crippen molar-refractivity contribution in [3.63, 3.8) is 0 Å². The quantitative estimate of drug-likeness (QED) is 0.547. The maximum absolute atomic E-state index is 13.3. The summed E-state index contributed by atoms with van der Waals surface area (Å²) in [6.45, 7) is 2.08. The van der Waals surface area contributed by atoms with Gasteiger partial charge in [-0.3, -0.25) is 0 Å². The largest absolute Gasteiger partial charge is 0.340 e. The average Bonchev–Trinajstić information content (AvgIpc) is 3.13. The van der Waals surface area contributed by atoms with Crippen molar-refractivity contribution in [3.8, 4) is 0 Å². The summed E-state index contributed by atoms with van der Waals surface area (Å²) in [4.78, 5) is 9.49. The van der Waals surface area contributed by atoms with Gasteiger partial charge in [-0.05, 0) is 62.4 Å². The van der Waals surface area contributed by atoms with Crippen molar-refractivity contribution < 1.29 is 4.39 Å². The molecule has 0 radical (unpaired) electrons. The van der Waals surface area contributed by atoms with E-state index in [1.54, 1.807) is 16.6 Å². The molecule has 0 spiro atoms. The van der Waals surface area contributed by atoms with Crippen LogP contribution < -0.4 is 5.32 Å². The zero-order valence-electron chi connectivity index (χ0n) is 16.3. The molecule has 146 valence electrons. The highest BCUT2D eigenvalue weighted by Gasteiger charge is 2.21. The second-order valence-corrected chi connectivity index (χ2v) is 7.63. The van der Waals surface area contributed by atoms with Gasteiger partial charge in [-0.2, -0.15) is 9.50 Å². The van der Waals surface area contributed by atoms with Gasteiger partial charge in [0.1, 0.15) is 11.6 Å². The number of anilines is 2. The lowest BCUT2D eigenvalue weighted by Gasteiger charge is -2.19. The molecule has 0 amide bonds. The summed E-state index contributed by atoms with van der Waals surface area (Å²) in [6.07, 6.45) is 4.82. The summed E-state index contributed by atoms with van der Waals surface area (Å²) in [5, 5.41) is 8.20. The number of aromatic nitrogens is 4. The fourth-order valence-electron chi connectivity index (χ4n) is 3.85. The van der Waals surface area contributed by atoms with Crippen LogP contribution in [0.5, 0.6) is 0 Å². The number of hydrogen-bond donors (Lipinski definition) is 1. The van der Waals surface area contributed by atoms with Gasteiger partial charge in [0.15, 0.2) is 5.82 Å². The minimum Gasteiger partial charge on any atom is -0.340 e. The fourth-order valence-corrected chi connectivity index (χ4v) is 3.85. The number of hydrogen-bond acceptors (Lipinski definition) is 4. The van der Waals surface area contributed by atoms with E-state index >= 15 is 0 Å². The summed E-state index contributed by atoms with van der Waals surface area (Å²) in [5.74, 6) is 1.99. The molecule has 1 aliphatic rings. The molecular formula is C23H22FN5. The molecule has 6 heteroatoms. The van der Waals surface area contributed by atoms with E-state index in [0.717, 1.165) is 48.7 Å². The van der Waals surface area contributed by atoms with Crippen molar-refractivity contribution in [1.29, 1.82) is 0 Å². The number of nitrogens with one attached hydrogen (secondary N) is 1. The van der Waals surface area contributed by atoms with Crippen LogP contribution in [0.1, 0.15) is 41.1 Å². The minimum absolute atomic E-state index is 0.251. The van der Waals surface area contributed by atoms with E-state index in [1.165, 1.54) is 28.8 Å². The van der Waals surface area contributed by atoms with Crippen LogP contribution in [-0.4, -0.2) is 19.6 Å². The number of aryl methyl sites for hydroxylation is 2. The van der Waals surface area contributed by atoms with Crippen LogP contribution in [0.2, 0.25) is 0 Å². The van der Waals surface area contributed by atoms with Crippen molar-refractivity contribution in [2.24, 2.45) is 0 Å². The number of rotatable bonds is 4. The number of nitrogens with zero attached hydrogens (tertiary/aromatic N) is 4. The van der Waals surface area contributed by atoms with Crippen LogP contribution in [-0.2, 0) is 19.3 Å². The molecule has 0 saturated carbocycles. The SMILES string of the molecule is Cc1ccc(Cc2nc3nc4c(c(Nc5ccc(F)cc5)n3n2)CCCC4)cc1. The van der Waals surface area contributed by atoms with Crippen molar-refractivity contribution in [2.75, 3.05) is 5.32 Å². The summed E-state index contributed by atoms with van der Waals surface area (Å²) < 4.78 is 15.1. The lowest BCUT2D eigenvalue weighted by molar-refractivity contribution is 0.628. The Morgan fingerprint density at radius 2 is 1.72 bits per heavy atom. The fraction of sp³-hybridized carbons (Fsp3) is 0.261. The first kappa shape index (κ1) is 17.8. The molecule has 0 bridgehead atoms. The number of benzene rings is 2. The second kappa shape index (κ2) is 7.28. The van der Waals surface area contributed by atoms with Gasteiger partial charge in [-0.1, -0.05) is 29.8 Å². The molecule has 5 nitrogen and oxygen atoms in total. The second-order valence-electron chi connectivity index (χ2n) is 7.63. The summed E-state index contributed by atoms with van der Waals surface area (Å²) in [7, 11) is 0. The van der Waals surface area contributed by atoms with Gasteiger partial charge in [0.2, 0.25) is 0 Å². The molecule has 2 heterocycles. The van der Waals surface area contributed by atoms with Gasteiger partial charge in [0, 0.05) is 17.7 Å². The van der Waals surface area contributed by atoms with Crippen molar-refractivity contribution in [3.05, 3.63) is 82.6 Å². The van der Waals surface area contributed by atoms with Crippen molar-refractivity contribution >= 4 is 17.3 Å². The Labute approximate surface area is 168 Å². The van der Waals surface area contributed by atoms with Gasteiger partial charge < -0.3 is 5.32 Å². The highest BCUT2D eigenvalue weighted by Crippen LogP contribution is 2.29. The van der Waals surface area contributed by atoms with Crippen LogP contribution >= 0.6 is 0 Å². The van der Waals surface area contributed by atoms with Crippen molar-refractivity contribution in [1.82, 2.24) is 19.6 Å².